The van der Waals surface area contributed by atoms with Crippen LogP contribution in [0.3, 0.4) is 0 Å². The van der Waals surface area contributed by atoms with Crippen molar-refractivity contribution in [1.29, 1.82) is 0 Å². The van der Waals surface area contributed by atoms with Crippen molar-refractivity contribution >= 4 is 35.2 Å². The smallest absolute Gasteiger partial charge is 0.149 e. The maximum Gasteiger partial charge on any atom is 0.149 e. The SMILES string of the molecule is CC(C)c1ccc2c(c1N)P(=O)(C(C)C)c1ccccc1S2. The molecule has 2 aromatic carbocycles. The highest BCUT2D eigenvalue weighted by molar-refractivity contribution is 8.02. The van der Waals surface area contributed by atoms with Gasteiger partial charge in [0.05, 0.1) is 5.30 Å². The van der Waals surface area contributed by atoms with Crippen molar-refractivity contribution in [3.05, 3.63) is 42.0 Å². The van der Waals surface area contributed by atoms with Gasteiger partial charge in [-0.15, -0.1) is 0 Å². The van der Waals surface area contributed by atoms with E-state index in [-0.39, 0.29) is 5.66 Å². The van der Waals surface area contributed by atoms with Crippen LogP contribution < -0.4 is 16.3 Å². The molecule has 0 aromatic heterocycles. The Labute approximate surface area is 136 Å². The molecule has 0 bridgehead atoms. The monoisotopic (exact) mass is 331 g/mol. The summed E-state index contributed by atoms with van der Waals surface area (Å²) in [6, 6.07) is 12.2. The zero-order chi connectivity index (χ0) is 16.1. The third-order valence-corrected chi connectivity index (χ3v) is 9.48. The molecule has 0 saturated carbocycles. The maximum atomic E-state index is 14.1. The van der Waals surface area contributed by atoms with Gasteiger partial charge in [0.1, 0.15) is 7.14 Å². The van der Waals surface area contributed by atoms with Crippen LogP contribution in [0.1, 0.15) is 39.2 Å². The molecule has 116 valence electrons. The van der Waals surface area contributed by atoms with Crippen LogP contribution in [0.5, 0.6) is 0 Å². The van der Waals surface area contributed by atoms with Crippen molar-refractivity contribution in [2.24, 2.45) is 0 Å². The van der Waals surface area contributed by atoms with Gasteiger partial charge in [0.15, 0.2) is 0 Å². The van der Waals surface area contributed by atoms with Crippen LogP contribution in [0.15, 0.2) is 46.2 Å². The van der Waals surface area contributed by atoms with E-state index in [1.165, 1.54) is 0 Å². The molecule has 4 heteroatoms. The highest BCUT2D eigenvalue weighted by Gasteiger charge is 2.40. The van der Waals surface area contributed by atoms with Gasteiger partial charge in [-0.1, -0.05) is 63.7 Å². The minimum absolute atomic E-state index is 0.0398. The normalized spacial score (nSPS) is 20.1. The van der Waals surface area contributed by atoms with Gasteiger partial charge in [-0.2, -0.15) is 0 Å². The third kappa shape index (κ3) is 2.14. The molecule has 0 radical (unpaired) electrons. The first kappa shape index (κ1) is 15.7. The van der Waals surface area contributed by atoms with Crippen LogP contribution in [0, 0.1) is 0 Å². The minimum Gasteiger partial charge on any atom is -0.398 e. The minimum atomic E-state index is -2.72. The predicted octanol–water partition coefficient (Wildman–Crippen LogP) is 4.58. The molecule has 1 aliphatic rings. The van der Waals surface area contributed by atoms with E-state index < -0.39 is 7.14 Å². The van der Waals surface area contributed by atoms with Gasteiger partial charge in [-0.25, -0.2) is 0 Å². The Morgan fingerprint density at radius 3 is 2.32 bits per heavy atom. The van der Waals surface area contributed by atoms with E-state index in [4.69, 9.17) is 5.73 Å². The van der Waals surface area contributed by atoms with Gasteiger partial charge in [0.25, 0.3) is 0 Å². The zero-order valence-corrected chi connectivity index (χ0v) is 15.2. The molecule has 1 unspecified atom stereocenters. The lowest BCUT2D eigenvalue weighted by molar-refractivity contribution is 0.581. The number of nitrogen functional groups attached to an aromatic ring is 1. The van der Waals surface area contributed by atoms with Crippen LogP contribution in [0.2, 0.25) is 0 Å². The highest BCUT2D eigenvalue weighted by Crippen LogP contribution is 2.57. The molecule has 3 rings (SSSR count). The van der Waals surface area contributed by atoms with Crippen molar-refractivity contribution in [1.82, 2.24) is 0 Å². The molecule has 0 saturated heterocycles. The number of hydrogen-bond acceptors (Lipinski definition) is 3. The predicted molar refractivity (Wildman–Crippen MR) is 97.5 cm³/mol. The molecule has 1 atom stereocenters. The van der Waals surface area contributed by atoms with Crippen molar-refractivity contribution < 1.29 is 4.57 Å². The quantitative estimate of drug-likeness (QED) is 0.647. The number of rotatable bonds is 2. The van der Waals surface area contributed by atoms with Crippen LogP contribution in [-0.4, -0.2) is 5.66 Å². The molecule has 0 amide bonds. The summed E-state index contributed by atoms with van der Waals surface area (Å²) in [5, 5.41) is 1.85. The van der Waals surface area contributed by atoms with E-state index in [0.717, 1.165) is 31.7 Å². The Kier molecular flexibility index (Phi) is 3.91. The van der Waals surface area contributed by atoms with Crippen molar-refractivity contribution in [2.45, 2.75) is 49.1 Å². The molecule has 0 spiro atoms. The fraction of sp³-hybridized carbons (Fsp3) is 0.333. The van der Waals surface area contributed by atoms with E-state index >= 15 is 0 Å². The first-order chi connectivity index (χ1) is 10.4. The molecule has 22 heavy (non-hydrogen) atoms. The van der Waals surface area contributed by atoms with Gasteiger partial charge in [-0.3, -0.25) is 0 Å². The maximum absolute atomic E-state index is 14.1. The first-order valence-electron chi connectivity index (χ1n) is 7.67. The second kappa shape index (κ2) is 5.47. The lowest BCUT2D eigenvalue weighted by Crippen LogP contribution is -2.31. The summed E-state index contributed by atoms with van der Waals surface area (Å²) in [6.07, 6.45) is 0. The largest absolute Gasteiger partial charge is 0.398 e. The number of nitrogens with two attached hydrogens (primary N) is 1. The van der Waals surface area contributed by atoms with Gasteiger partial charge < -0.3 is 10.3 Å². The summed E-state index contributed by atoms with van der Waals surface area (Å²) in [6.45, 7) is 8.34. The standard InChI is InChI=1S/C18H22NOPS/c1-11(2)13-9-10-16-18(17(13)19)21(20,12(3)4)14-7-5-6-8-15(14)22-16/h5-12H,19H2,1-4H3. The Bertz CT molecular complexity index is 783. The summed E-state index contributed by atoms with van der Waals surface area (Å²) >= 11 is 1.68. The van der Waals surface area contributed by atoms with Crippen molar-refractivity contribution in [3.63, 3.8) is 0 Å². The molecule has 2 nitrogen and oxygen atoms in total. The van der Waals surface area contributed by atoms with E-state index in [1.807, 2.05) is 32.0 Å². The van der Waals surface area contributed by atoms with E-state index in [0.29, 0.717) is 5.92 Å². The van der Waals surface area contributed by atoms with Crippen molar-refractivity contribution in [3.8, 4) is 0 Å². The Hall–Kier alpha value is -1.18. The molecule has 0 aliphatic carbocycles. The van der Waals surface area contributed by atoms with Gasteiger partial charge in [0.2, 0.25) is 0 Å². The molecule has 1 heterocycles. The second-order valence-electron chi connectivity index (χ2n) is 6.39. The lowest BCUT2D eigenvalue weighted by atomic mass is 10.0. The average Bonchev–Trinajstić information content (AvgIpc) is 2.46. The topological polar surface area (TPSA) is 43.1 Å². The van der Waals surface area contributed by atoms with Crippen LogP contribution in [0.4, 0.5) is 5.69 Å². The van der Waals surface area contributed by atoms with Gasteiger partial charge >= 0.3 is 0 Å². The fourth-order valence-electron chi connectivity index (χ4n) is 3.13. The molecule has 0 fully saturated rings. The Morgan fingerprint density at radius 2 is 1.68 bits per heavy atom. The summed E-state index contributed by atoms with van der Waals surface area (Å²) in [7, 11) is -2.72. The summed E-state index contributed by atoms with van der Waals surface area (Å²) in [5.41, 5.74) is 8.35. The Balaban J connectivity index is 2.37. The number of hydrogen-bond donors (Lipinski definition) is 1. The van der Waals surface area contributed by atoms with Crippen LogP contribution >= 0.6 is 18.9 Å². The lowest BCUT2D eigenvalue weighted by Gasteiger charge is -2.33. The van der Waals surface area contributed by atoms with Crippen LogP contribution in [0.25, 0.3) is 0 Å². The Morgan fingerprint density at radius 1 is 1.00 bits per heavy atom. The number of anilines is 1. The first-order valence-corrected chi connectivity index (χ1v) is 10.3. The van der Waals surface area contributed by atoms with E-state index in [1.54, 1.807) is 11.8 Å². The molecular weight excluding hydrogens is 309 g/mol. The van der Waals surface area contributed by atoms with E-state index in [9.17, 15) is 4.57 Å². The zero-order valence-electron chi connectivity index (χ0n) is 13.5. The summed E-state index contributed by atoms with van der Waals surface area (Å²) in [5.74, 6) is 0.327. The second-order valence-corrected chi connectivity index (χ2v) is 10.8. The molecule has 2 aromatic rings. The third-order valence-electron chi connectivity index (χ3n) is 4.34. The number of fused-ring (bicyclic) bond motifs is 2. The summed E-state index contributed by atoms with van der Waals surface area (Å²) in [4.78, 5) is 2.15. The number of benzene rings is 2. The molecular formula is C18H22NOPS. The molecule has 2 N–H and O–H groups in total. The van der Waals surface area contributed by atoms with Gasteiger partial charge in [-0.05, 0) is 23.6 Å². The highest BCUT2D eigenvalue weighted by atomic mass is 32.2. The van der Waals surface area contributed by atoms with Crippen LogP contribution in [-0.2, 0) is 4.57 Å². The fourth-order valence-corrected chi connectivity index (χ4v) is 8.02. The van der Waals surface area contributed by atoms with Crippen molar-refractivity contribution in [2.75, 3.05) is 5.73 Å². The average molecular weight is 331 g/mol. The van der Waals surface area contributed by atoms with E-state index in [2.05, 4.69) is 32.0 Å². The molecule has 1 aliphatic heterocycles. The van der Waals surface area contributed by atoms with Gasteiger partial charge in [0, 0.05) is 26.4 Å². The summed E-state index contributed by atoms with van der Waals surface area (Å²) < 4.78 is 14.1.